The van der Waals surface area contributed by atoms with Crippen LogP contribution in [0.1, 0.15) is 57.1 Å². The molecule has 2 aromatic rings. The van der Waals surface area contributed by atoms with Gasteiger partial charge in [-0.1, -0.05) is 63.1 Å². The van der Waals surface area contributed by atoms with E-state index in [-0.39, 0.29) is 0 Å². The first-order chi connectivity index (χ1) is 14.6. The second-order valence-corrected chi connectivity index (χ2v) is 8.98. The molecule has 3 heteroatoms. The van der Waals surface area contributed by atoms with Crippen molar-refractivity contribution in [2.24, 2.45) is 11.3 Å². The number of likely N-dealkylation sites (tertiary alicyclic amines) is 1. The Balaban J connectivity index is 1.60. The van der Waals surface area contributed by atoms with Crippen molar-refractivity contribution in [2.75, 3.05) is 27.3 Å². The Morgan fingerprint density at radius 3 is 2.13 bits per heavy atom. The van der Waals surface area contributed by atoms with Crippen molar-refractivity contribution < 1.29 is 9.47 Å². The molecule has 1 saturated heterocycles. The van der Waals surface area contributed by atoms with Gasteiger partial charge in [0.1, 0.15) is 0 Å². The van der Waals surface area contributed by atoms with Crippen LogP contribution in [-0.2, 0) is 13.0 Å². The monoisotopic (exact) mass is 409 g/mol. The summed E-state index contributed by atoms with van der Waals surface area (Å²) >= 11 is 0. The fourth-order valence-corrected chi connectivity index (χ4v) is 5.09. The Labute approximate surface area is 183 Å². The molecule has 0 spiro atoms. The van der Waals surface area contributed by atoms with Gasteiger partial charge in [-0.25, -0.2) is 0 Å². The smallest absolute Gasteiger partial charge is 0.160 e. The van der Waals surface area contributed by atoms with Gasteiger partial charge in [0.2, 0.25) is 0 Å². The molecule has 0 atom stereocenters. The highest BCUT2D eigenvalue weighted by molar-refractivity contribution is 5.43. The number of piperidine rings is 1. The fourth-order valence-electron chi connectivity index (χ4n) is 5.09. The van der Waals surface area contributed by atoms with Gasteiger partial charge in [-0.2, -0.15) is 0 Å². The summed E-state index contributed by atoms with van der Waals surface area (Å²) in [5.74, 6) is 2.48. The van der Waals surface area contributed by atoms with Crippen molar-refractivity contribution in [1.29, 1.82) is 0 Å². The summed E-state index contributed by atoms with van der Waals surface area (Å²) in [4.78, 5) is 2.62. The third-order valence-electron chi connectivity index (χ3n) is 7.20. The molecule has 0 amide bonds. The van der Waals surface area contributed by atoms with Crippen LogP contribution in [-0.4, -0.2) is 32.2 Å². The molecule has 30 heavy (non-hydrogen) atoms. The minimum absolute atomic E-state index is 0.367. The van der Waals surface area contributed by atoms with Crippen LogP contribution in [0.25, 0.3) is 0 Å². The fraction of sp³-hybridized carbons (Fsp3) is 0.556. The van der Waals surface area contributed by atoms with Crippen molar-refractivity contribution in [3.8, 4) is 11.5 Å². The SMILES string of the molecule is CCC(CC)(Cc1ccc(OC)c(OC)c1)CC1CCN(Cc2ccccc2)CC1. The Hall–Kier alpha value is -2.00. The summed E-state index contributed by atoms with van der Waals surface area (Å²) in [6, 6.07) is 17.3. The quantitative estimate of drug-likeness (QED) is 0.456. The van der Waals surface area contributed by atoms with Gasteiger partial charge in [-0.05, 0) is 73.4 Å². The predicted molar refractivity (Wildman–Crippen MR) is 125 cm³/mol. The first-order valence-electron chi connectivity index (χ1n) is 11.6. The third kappa shape index (κ3) is 5.78. The number of nitrogens with zero attached hydrogens (tertiary/aromatic N) is 1. The van der Waals surface area contributed by atoms with Crippen LogP contribution in [0.3, 0.4) is 0 Å². The number of rotatable bonds is 10. The van der Waals surface area contributed by atoms with Crippen LogP contribution >= 0.6 is 0 Å². The van der Waals surface area contributed by atoms with E-state index in [2.05, 4.69) is 61.2 Å². The summed E-state index contributed by atoms with van der Waals surface area (Å²) < 4.78 is 11.0. The van der Waals surface area contributed by atoms with Gasteiger partial charge in [-0.3, -0.25) is 4.90 Å². The van der Waals surface area contributed by atoms with Gasteiger partial charge in [0.15, 0.2) is 11.5 Å². The summed E-state index contributed by atoms with van der Waals surface area (Å²) in [7, 11) is 3.42. The van der Waals surface area contributed by atoms with Gasteiger partial charge in [0, 0.05) is 6.54 Å². The van der Waals surface area contributed by atoms with Gasteiger partial charge in [-0.15, -0.1) is 0 Å². The molecule has 3 rings (SSSR count). The lowest BCUT2D eigenvalue weighted by Gasteiger charge is -2.39. The van der Waals surface area contributed by atoms with Crippen molar-refractivity contribution in [3.63, 3.8) is 0 Å². The maximum absolute atomic E-state index is 5.54. The molecule has 3 nitrogen and oxygen atoms in total. The number of benzene rings is 2. The first-order valence-corrected chi connectivity index (χ1v) is 11.6. The lowest BCUT2D eigenvalue weighted by Crippen LogP contribution is -2.36. The summed E-state index contributed by atoms with van der Waals surface area (Å²) in [5, 5.41) is 0. The summed E-state index contributed by atoms with van der Waals surface area (Å²) in [6.45, 7) is 8.27. The topological polar surface area (TPSA) is 21.7 Å². The van der Waals surface area contributed by atoms with Crippen LogP contribution in [0.4, 0.5) is 0 Å². The summed E-state index contributed by atoms with van der Waals surface area (Å²) in [6.07, 6.45) is 7.53. The zero-order valence-corrected chi connectivity index (χ0v) is 19.3. The van der Waals surface area contributed by atoms with E-state index in [4.69, 9.17) is 9.47 Å². The first kappa shape index (κ1) is 22.7. The van der Waals surface area contributed by atoms with Crippen molar-refractivity contribution in [2.45, 2.75) is 58.9 Å². The van der Waals surface area contributed by atoms with Gasteiger partial charge in [0.25, 0.3) is 0 Å². The molecular weight excluding hydrogens is 370 g/mol. The average Bonchev–Trinajstić information content (AvgIpc) is 2.80. The molecular formula is C27H39NO2. The predicted octanol–water partition coefficient (Wildman–Crippen LogP) is 6.36. The summed E-state index contributed by atoms with van der Waals surface area (Å²) in [5.41, 5.74) is 3.16. The van der Waals surface area contributed by atoms with Crippen molar-refractivity contribution >= 4 is 0 Å². The van der Waals surface area contributed by atoms with E-state index in [9.17, 15) is 0 Å². The maximum atomic E-state index is 5.54. The maximum Gasteiger partial charge on any atom is 0.160 e. The zero-order valence-electron chi connectivity index (χ0n) is 19.3. The van der Waals surface area contributed by atoms with E-state index >= 15 is 0 Å². The molecule has 0 aromatic heterocycles. The van der Waals surface area contributed by atoms with E-state index in [1.165, 1.54) is 56.3 Å². The van der Waals surface area contributed by atoms with Crippen molar-refractivity contribution in [3.05, 3.63) is 59.7 Å². The minimum Gasteiger partial charge on any atom is -0.493 e. The Kier molecular flexibility index (Phi) is 8.21. The second-order valence-electron chi connectivity index (χ2n) is 8.98. The largest absolute Gasteiger partial charge is 0.493 e. The van der Waals surface area contributed by atoms with Crippen LogP contribution in [0.15, 0.2) is 48.5 Å². The Bertz CT molecular complexity index is 762. The van der Waals surface area contributed by atoms with Gasteiger partial charge >= 0.3 is 0 Å². The third-order valence-corrected chi connectivity index (χ3v) is 7.20. The molecule has 1 heterocycles. The molecule has 0 radical (unpaired) electrons. The average molecular weight is 410 g/mol. The van der Waals surface area contributed by atoms with Crippen LogP contribution in [0, 0.1) is 11.3 Å². The highest BCUT2D eigenvalue weighted by atomic mass is 16.5. The highest BCUT2D eigenvalue weighted by Gasteiger charge is 2.32. The standard InChI is InChI=1S/C27H39NO2/c1-5-27(6-2,20-24-12-13-25(29-3)26(18-24)30-4)19-22-14-16-28(17-15-22)21-23-10-8-7-9-11-23/h7-13,18,22H,5-6,14-17,19-21H2,1-4H3. The molecule has 164 valence electrons. The zero-order chi connectivity index (χ0) is 21.4. The molecule has 0 bridgehead atoms. The molecule has 0 aliphatic carbocycles. The number of methoxy groups -OCH3 is 2. The van der Waals surface area contributed by atoms with E-state index in [0.29, 0.717) is 5.41 Å². The number of hydrogen-bond donors (Lipinski definition) is 0. The van der Waals surface area contributed by atoms with E-state index < -0.39 is 0 Å². The van der Waals surface area contributed by atoms with Crippen LogP contribution < -0.4 is 9.47 Å². The minimum atomic E-state index is 0.367. The molecule has 1 aliphatic rings. The molecule has 0 N–H and O–H groups in total. The highest BCUT2D eigenvalue weighted by Crippen LogP contribution is 2.41. The van der Waals surface area contributed by atoms with E-state index in [1.807, 2.05) is 6.07 Å². The van der Waals surface area contributed by atoms with E-state index in [0.717, 1.165) is 30.4 Å². The van der Waals surface area contributed by atoms with Crippen LogP contribution in [0.2, 0.25) is 0 Å². The number of hydrogen-bond acceptors (Lipinski definition) is 3. The van der Waals surface area contributed by atoms with Crippen LogP contribution in [0.5, 0.6) is 11.5 Å². The van der Waals surface area contributed by atoms with Gasteiger partial charge in [0.05, 0.1) is 14.2 Å². The van der Waals surface area contributed by atoms with Crippen molar-refractivity contribution in [1.82, 2.24) is 4.90 Å². The molecule has 0 saturated carbocycles. The number of ether oxygens (including phenoxy) is 2. The lowest BCUT2D eigenvalue weighted by molar-refractivity contribution is 0.120. The normalized spacial score (nSPS) is 15.9. The second kappa shape index (κ2) is 10.9. The molecule has 1 fully saturated rings. The Morgan fingerprint density at radius 2 is 1.53 bits per heavy atom. The Morgan fingerprint density at radius 1 is 0.867 bits per heavy atom. The molecule has 0 unspecified atom stereocenters. The molecule has 2 aromatic carbocycles. The van der Waals surface area contributed by atoms with E-state index in [1.54, 1.807) is 14.2 Å². The van der Waals surface area contributed by atoms with Gasteiger partial charge < -0.3 is 9.47 Å². The molecule has 1 aliphatic heterocycles. The lowest BCUT2D eigenvalue weighted by atomic mass is 9.69.